The van der Waals surface area contributed by atoms with Crippen LogP contribution in [0.25, 0.3) is 0 Å². The van der Waals surface area contributed by atoms with Gasteiger partial charge in [-0.1, -0.05) is 32.7 Å². The van der Waals surface area contributed by atoms with E-state index in [9.17, 15) is 0 Å². The van der Waals surface area contributed by atoms with Crippen LogP contribution in [0.3, 0.4) is 0 Å². The maximum absolute atomic E-state index is 4.46. The van der Waals surface area contributed by atoms with Gasteiger partial charge in [0.05, 0.1) is 19.2 Å². The zero-order chi connectivity index (χ0) is 10.0. The predicted octanol–water partition coefficient (Wildman–Crippen LogP) is 2.15. The summed E-state index contributed by atoms with van der Waals surface area (Å²) in [5, 5.41) is 0. The molecule has 0 bridgehead atoms. The van der Waals surface area contributed by atoms with Crippen molar-refractivity contribution in [3.63, 3.8) is 0 Å². The van der Waals surface area contributed by atoms with Crippen molar-refractivity contribution in [3.05, 3.63) is 23.8 Å². The van der Waals surface area contributed by atoms with Gasteiger partial charge in [-0.3, -0.25) is 0 Å². The van der Waals surface area contributed by atoms with Gasteiger partial charge in [0.15, 0.2) is 0 Å². The summed E-state index contributed by atoms with van der Waals surface area (Å²) in [6.07, 6.45) is 4.16. The molecule has 1 aromatic rings. The second kappa shape index (κ2) is 3.86. The molecular weight excluding hydrogens is 160 g/mol. The van der Waals surface area contributed by atoms with Crippen molar-refractivity contribution in [1.82, 2.24) is 4.98 Å². The molecule has 0 fully saturated rings. The lowest BCUT2D eigenvalue weighted by Crippen LogP contribution is -2.36. The summed E-state index contributed by atoms with van der Waals surface area (Å²) in [6, 6.07) is 0. The molecule has 0 aliphatic carbocycles. The van der Waals surface area contributed by atoms with Gasteiger partial charge in [-0.05, 0) is 5.92 Å². The Bertz CT molecular complexity index is 290. The molecule has 0 aliphatic heterocycles. The van der Waals surface area contributed by atoms with Crippen LogP contribution in [0.2, 0.25) is 0 Å². The maximum atomic E-state index is 4.46. The molecule has 1 aromatic heterocycles. The van der Waals surface area contributed by atoms with E-state index in [4.69, 9.17) is 0 Å². The minimum Gasteiger partial charge on any atom is -0.237 e. The summed E-state index contributed by atoms with van der Waals surface area (Å²) >= 11 is 0. The highest BCUT2D eigenvalue weighted by Crippen LogP contribution is 2.12. The van der Waals surface area contributed by atoms with Crippen LogP contribution >= 0.6 is 0 Å². The molecular formula is C11H19N2+. The fourth-order valence-electron chi connectivity index (χ4n) is 1.41. The van der Waals surface area contributed by atoms with Crippen molar-refractivity contribution in [3.8, 4) is 0 Å². The smallest absolute Gasteiger partial charge is 0.237 e. The summed E-state index contributed by atoms with van der Waals surface area (Å²) in [5.74, 6) is 2.19. The lowest BCUT2D eigenvalue weighted by molar-refractivity contribution is -0.684. The number of hydrogen-bond donors (Lipinski definition) is 0. The molecule has 0 aliphatic rings. The fraction of sp³-hybridized carbons (Fsp3) is 0.636. The van der Waals surface area contributed by atoms with E-state index in [2.05, 4.69) is 50.5 Å². The third-order valence-electron chi connectivity index (χ3n) is 2.23. The molecule has 0 saturated carbocycles. The third-order valence-corrected chi connectivity index (χ3v) is 2.23. The molecule has 72 valence electrons. The molecule has 0 aromatic carbocycles. The van der Waals surface area contributed by atoms with Gasteiger partial charge in [-0.2, -0.15) is 0 Å². The average Bonchev–Trinajstić information content (AvgIpc) is 2.03. The SMILES string of the molecule is CC(C)c1cnc(C(C)C)[n+](C)c1. The van der Waals surface area contributed by atoms with Crippen LogP contribution in [-0.2, 0) is 7.05 Å². The third kappa shape index (κ3) is 2.27. The largest absolute Gasteiger partial charge is 0.300 e. The summed E-state index contributed by atoms with van der Waals surface area (Å²) in [4.78, 5) is 4.46. The Morgan fingerprint density at radius 2 is 1.77 bits per heavy atom. The van der Waals surface area contributed by atoms with Crippen LogP contribution in [0.5, 0.6) is 0 Å². The second-order valence-corrected chi connectivity index (χ2v) is 4.17. The zero-order valence-corrected chi connectivity index (χ0v) is 9.20. The number of nitrogens with zero attached hydrogens (tertiary/aromatic N) is 2. The van der Waals surface area contributed by atoms with Crippen molar-refractivity contribution in [2.24, 2.45) is 7.05 Å². The Morgan fingerprint density at radius 3 is 2.15 bits per heavy atom. The Balaban J connectivity index is 3.06. The van der Waals surface area contributed by atoms with Gasteiger partial charge in [-0.25, -0.2) is 4.57 Å². The van der Waals surface area contributed by atoms with Gasteiger partial charge in [0, 0.05) is 5.56 Å². The highest BCUT2D eigenvalue weighted by molar-refractivity contribution is 5.06. The van der Waals surface area contributed by atoms with E-state index in [-0.39, 0.29) is 0 Å². The Kier molecular flexibility index (Phi) is 3.02. The van der Waals surface area contributed by atoms with Crippen LogP contribution in [0, 0.1) is 0 Å². The van der Waals surface area contributed by atoms with E-state index in [1.54, 1.807) is 0 Å². The molecule has 13 heavy (non-hydrogen) atoms. The van der Waals surface area contributed by atoms with Gasteiger partial charge in [-0.15, -0.1) is 0 Å². The number of rotatable bonds is 2. The molecule has 2 heteroatoms. The first-order valence-corrected chi connectivity index (χ1v) is 4.87. The molecule has 1 heterocycles. The van der Waals surface area contributed by atoms with E-state index in [1.807, 2.05) is 6.20 Å². The highest BCUT2D eigenvalue weighted by Gasteiger charge is 2.15. The van der Waals surface area contributed by atoms with Crippen molar-refractivity contribution in [2.75, 3.05) is 0 Å². The van der Waals surface area contributed by atoms with Gasteiger partial charge in [0.25, 0.3) is 0 Å². The van der Waals surface area contributed by atoms with Crippen molar-refractivity contribution in [2.45, 2.75) is 39.5 Å². The normalized spacial score (nSPS) is 11.3. The fourth-order valence-corrected chi connectivity index (χ4v) is 1.41. The van der Waals surface area contributed by atoms with Crippen molar-refractivity contribution in [1.29, 1.82) is 0 Å². The Labute approximate surface area is 80.6 Å². The van der Waals surface area contributed by atoms with E-state index in [0.29, 0.717) is 11.8 Å². The summed E-state index contributed by atoms with van der Waals surface area (Å²) in [5.41, 5.74) is 1.30. The molecule has 0 radical (unpaired) electrons. The zero-order valence-electron chi connectivity index (χ0n) is 9.20. The van der Waals surface area contributed by atoms with E-state index in [1.165, 1.54) is 5.56 Å². The van der Waals surface area contributed by atoms with E-state index >= 15 is 0 Å². The molecule has 0 N–H and O–H groups in total. The number of hydrogen-bond acceptors (Lipinski definition) is 1. The molecule has 0 atom stereocenters. The summed E-state index contributed by atoms with van der Waals surface area (Å²) in [6.45, 7) is 8.70. The lowest BCUT2D eigenvalue weighted by Gasteiger charge is -2.05. The summed E-state index contributed by atoms with van der Waals surface area (Å²) < 4.78 is 2.12. The maximum Gasteiger partial charge on any atom is 0.300 e. The van der Waals surface area contributed by atoms with Gasteiger partial charge < -0.3 is 0 Å². The van der Waals surface area contributed by atoms with Crippen LogP contribution in [0.1, 0.15) is 50.9 Å². The molecule has 0 unspecified atom stereocenters. The van der Waals surface area contributed by atoms with E-state index in [0.717, 1.165) is 5.82 Å². The monoisotopic (exact) mass is 179 g/mol. The number of aromatic nitrogens is 2. The minimum absolute atomic E-state index is 0.492. The average molecular weight is 179 g/mol. The van der Waals surface area contributed by atoms with Gasteiger partial charge in [0.1, 0.15) is 6.20 Å². The topological polar surface area (TPSA) is 16.8 Å². The molecule has 0 amide bonds. The molecule has 0 saturated heterocycles. The van der Waals surface area contributed by atoms with Crippen LogP contribution in [0.15, 0.2) is 12.4 Å². The Hall–Kier alpha value is -0.920. The lowest BCUT2D eigenvalue weighted by atomic mass is 10.1. The summed E-state index contributed by atoms with van der Waals surface area (Å²) in [7, 11) is 2.06. The first kappa shape index (κ1) is 10.2. The quantitative estimate of drug-likeness (QED) is 0.636. The van der Waals surface area contributed by atoms with E-state index < -0.39 is 0 Å². The first-order valence-electron chi connectivity index (χ1n) is 4.87. The van der Waals surface area contributed by atoms with Crippen LogP contribution in [0.4, 0.5) is 0 Å². The standard InChI is InChI=1S/C11H19N2/c1-8(2)10-6-12-11(9(3)4)13(5)7-10/h6-9H,1-5H3/q+1. The Morgan fingerprint density at radius 1 is 1.15 bits per heavy atom. The van der Waals surface area contributed by atoms with Crippen molar-refractivity contribution < 1.29 is 4.57 Å². The van der Waals surface area contributed by atoms with Crippen molar-refractivity contribution >= 4 is 0 Å². The molecule has 2 nitrogen and oxygen atoms in total. The van der Waals surface area contributed by atoms with Gasteiger partial charge >= 0.3 is 5.82 Å². The van der Waals surface area contributed by atoms with Gasteiger partial charge in [0.2, 0.25) is 0 Å². The predicted molar refractivity (Wildman–Crippen MR) is 53.6 cm³/mol. The highest BCUT2D eigenvalue weighted by atomic mass is 15.0. The second-order valence-electron chi connectivity index (χ2n) is 4.17. The molecule has 0 spiro atoms. The minimum atomic E-state index is 0.492. The van der Waals surface area contributed by atoms with Crippen LogP contribution < -0.4 is 4.57 Å². The molecule has 1 rings (SSSR count). The van der Waals surface area contributed by atoms with Crippen LogP contribution in [-0.4, -0.2) is 4.98 Å². The number of aryl methyl sites for hydroxylation is 1. The first-order chi connectivity index (χ1) is 6.02.